The first-order valence-electron chi connectivity index (χ1n) is 10.6. The number of carbonyl (C=O) groups excluding carboxylic acids is 1. The van der Waals surface area contributed by atoms with Gasteiger partial charge in [0.15, 0.2) is 0 Å². The molecule has 0 aliphatic carbocycles. The Kier molecular flexibility index (Phi) is 7.94. The Morgan fingerprint density at radius 1 is 1.06 bits per heavy atom. The number of para-hydroxylation sites is 2. The van der Waals surface area contributed by atoms with Crippen molar-refractivity contribution in [1.82, 2.24) is 9.47 Å². The number of oxazole rings is 1. The van der Waals surface area contributed by atoms with E-state index in [1.807, 2.05) is 18.2 Å². The lowest BCUT2D eigenvalue weighted by atomic mass is 10.1. The van der Waals surface area contributed by atoms with Gasteiger partial charge in [-0.1, -0.05) is 12.1 Å². The number of piperazine rings is 1. The van der Waals surface area contributed by atoms with Gasteiger partial charge in [0.2, 0.25) is 5.91 Å². The third kappa shape index (κ3) is 5.29. The first-order chi connectivity index (χ1) is 15.5. The Bertz CT molecular complexity index is 1150. The van der Waals surface area contributed by atoms with Crippen molar-refractivity contribution in [3.05, 3.63) is 70.7 Å². The SMILES string of the molecule is COc1ccccc1N1CCN(CCc2oc(=O)n(C(C)=O)c2-c2ccc(F)cc2)CC1.Cl. The number of halogens is 2. The average Bonchev–Trinajstić information content (AvgIpc) is 3.14. The summed E-state index contributed by atoms with van der Waals surface area (Å²) < 4.78 is 25.3. The number of carbonyl (C=O) groups is 1. The Morgan fingerprint density at radius 3 is 2.36 bits per heavy atom. The lowest BCUT2D eigenvalue weighted by molar-refractivity contribution is 0.0930. The Labute approximate surface area is 197 Å². The molecule has 1 aliphatic heterocycles. The predicted octanol–water partition coefficient (Wildman–Crippen LogP) is 3.70. The lowest BCUT2D eigenvalue weighted by Crippen LogP contribution is -2.47. The molecule has 7 nitrogen and oxygen atoms in total. The molecule has 1 aliphatic rings. The molecule has 0 atom stereocenters. The van der Waals surface area contributed by atoms with Gasteiger partial charge in [0.05, 0.1) is 12.8 Å². The van der Waals surface area contributed by atoms with Gasteiger partial charge in [0, 0.05) is 51.6 Å². The van der Waals surface area contributed by atoms with Gasteiger partial charge in [-0.2, -0.15) is 0 Å². The Hall–Kier alpha value is -3.10. The predicted molar refractivity (Wildman–Crippen MR) is 127 cm³/mol. The summed E-state index contributed by atoms with van der Waals surface area (Å²) in [7, 11) is 1.68. The van der Waals surface area contributed by atoms with Crippen molar-refractivity contribution in [3.63, 3.8) is 0 Å². The average molecular weight is 476 g/mol. The van der Waals surface area contributed by atoms with Gasteiger partial charge < -0.3 is 14.1 Å². The van der Waals surface area contributed by atoms with E-state index in [1.54, 1.807) is 19.2 Å². The standard InChI is InChI=1S/C24H26FN3O4.ClH/c1-17(29)28-23(18-7-9-19(25)10-8-18)22(32-24(28)30)11-12-26-13-15-27(16-14-26)20-5-3-4-6-21(20)31-2;/h3-10H,11-16H2,1-2H3;1H. The van der Waals surface area contributed by atoms with E-state index in [4.69, 9.17) is 9.15 Å². The van der Waals surface area contributed by atoms with Crippen LogP contribution in [-0.4, -0.2) is 55.2 Å². The van der Waals surface area contributed by atoms with Crippen molar-refractivity contribution in [2.75, 3.05) is 44.7 Å². The van der Waals surface area contributed by atoms with Gasteiger partial charge in [0.25, 0.3) is 0 Å². The van der Waals surface area contributed by atoms with Crippen LogP contribution in [0.25, 0.3) is 11.3 Å². The molecule has 0 unspecified atom stereocenters. The van der Waals surface area contributed by atoms with E-state index in [0.717, 1.165) is 42.2 Å². The largest absolute Gasteiger partial charge is 0.495 e. The van der Waals surface area contributed by atoms with Gasteiger partial charge in [-0.3, -0.25) is 9.69 Å². The van der Waals surface area contributed by atoms with E-state index in [9.17, 15) is 14.0 Å². The zero-order valence-corrected chi connectivity index (χ0v) is 19.4. The molecular formula is C24H27ClFN3O4. The van der Waals surface area contributed by atoms with Crippen molar-refractivity contribution in [2.45, 2.75) is 13.3 Å². The monoisotopic (exact) mass is 475 g/mol. The third-order valence-corrected chi connectivity index (χ3v) is 5.77. The van der Waals surface area contributed by atoms with Gasteiger partial charge in [-0.05, 0) is 36.4 Å². The summed E-state index contributed by atoms with van der Waals surface area (Å²) in [5.74, 6) is -0.243. The molecule has 0 bridgehead atoms. The summed E-state index contributed by atoms with van der Waals surface area (Å²) in [6.45, 7) is 5.39. The fourth-order valence-electron chi connectivity index (χ4n) is 4.13. The summed E-state index contributed by atoms with van der Waals surface area (Å²) in [5.41, 5.74) is 2.05. The number of methoxy groups -OCH3 is 1. The minimum absolute atomic E-state index is 0. The fraction of sp³-hybridized carbons (Fsp3) is 0.333. The van der Waals surface area contributed by atoms with Crippen molar-refractivity contribution < 1.29 is 18.3 Å². The van der Waals surface area contributed by atoms with E-state index in [2.05, 4.69) is 15.9 Å². The van der Waals surface area contributed by atoms with Crippen molar-refractivity contribution in [3.8, 4) is 17.0 Å². The normalized spacial score (nSPS) is 14.1. The molecule has 33 heavy (non-hydrogen) atoms. The molecule has 1 aromatic heterocycles. The van der Waals surface area contributed by atoms with Gasteiger partial charge >= 0.3 is 5.76 Å². The maximum atomic E-state index is 13.4. The van der Waals surface area contributed by atoms with Crippen LogP contribution >= 0.6 is 12.4 Å². The second-order valence-electron chi connectivity index (χ2n) is 7.75. The Morgan fingerprint density at radius 2 is 1.73 bits per heavy atom. The maximum absolute atomic E-state index is 13.4. The number of hydrogen-bond donors (Lipinski definition) is 0. The Balaban J connectivity index is 0.00000306. The van der Waals surface area contributed by atoms with Crippen molar-refractivity contribution in [1.29, 1.82) is 0 Å². The summed E-state index contributed by atoms with van der Waals surface area (Å²) in [5, 5.41) is 0. The van der Waals surface area contributed by atoms with Crippen LogP contribution < -0.4 is 15.4 Å². The molecule has 176 valence electrons. The molecule has 0 radical (unpaired) electrons. The molecule has 0 spiro atoms. The second-order valence-corrected chi connectivity index (χ2v) is 7.75. The quantitative estimate of drug-likeness (QED) is 0.541. The fourth-order valence-corrected chi connectivity index (χ4v) is 4.13. The molecule has 0 N–H and O–H groups in total. The van der Waals surface area contributed by atoms with E-state index < -0.39 is 11.7 Å². The van der Waals surface area contributed by atoms with E-state index in [-0.39, 0.29) is 18.2 Å². The van der Waals surface area contributed by atoms with Gasteiger partial charge in [0.1, 0.15) is 23.0 Å². The van der Waals surface area contributed by atoms with E-state index in [1.165, 1.54) is 19.1 Å². The number of aromatic nitrogens is 1. The minimum atomic E-state index is -0.715. The number of nitrogens with zero attached hydrogens (tertiary/aromatic N) is 3. The number of anilines is 1. The smallest absolute Gasteiger partial charge is 0.426 e. The number of hydrogen-bond acceptors (Lipinski definition) is 6. The molecule has 3 aromatic rings. The molecule has 9 heteroatoms. The van der Waals surface area contributed by atoms with E-state index >= 15 is 0 Å². The highest BCUT2D eigenvalue weighted by molar-refractivity contribution is 5.85. The number of ether oxygens (including phenoxy) is 1. The molecule has 2 heterocycles. The highest BCUT2D eigenvalue weighted by Crippen LogP contribution is 2.29. The third-order valence-electron chi connectivity index (χ3n) is 5.77. The van der Waals surface area contributed by atoms with E-state index in [0.29, 0.717) is 30.0 Å². The summed E-state index contributed by atoms with van der Waals surface area (Å²) in [6, 6.07) is 13.7. The van der Waals surface area contributed by atoms with Crippen LogP contribution in [0.5, 0.6) is 5.75 Å². The number of rotatable bonds is 6. The molecule has 0 amide bonds. The lowest BCUT2D eigenvalue weighted by Gasteiger charge is -2.36. The second kappa shape index (κ2) is 10.7. The maximum Gasteiger partial charge on any atom is 0.426 e. The molecule has 1 saturated heterocycles. The zero-order valence-electron chi connectivity index (χ0n) is 18.6. The van der Waals surface area contributed by atoms with Crippen LogP contribution in [0.4, 0.5) is 10.1 Å². The zero-order chi connectivity index (χ0) is 22.7. The van der Waals surface area contributed by atoms with Crippen LogP contribution in [0.1, 0.15) is 17.5 Å². The summed E-state index contributed by atoms with van der Waals surface area (Å²) in [4.78, 5) is 29.0. The molecule has 1 fully saturated rings. The summed E-state index contributed by atoms with van der Waals surface area (Å²) >= 11 is 0. The minimum Gasteiger partial charge on any atom is -0.495 e. The number of benzene rings is 2. The molecule has 4 rings (SSSR count). The molecular weight excluding hydrogens is 449 g/mol. The van der Waals surface area contributed by atoms with Crippen LogP contribution in [0.15, 0.2) is 57.7 Å². The van der Waals surface area contributed by atoms with Gasteiger partial charge in [-0.25, -0.2) is 13.8 Å². The van der Waals surface area contributed by atoms with Crippen LogP contribution in [0.3, 0.4) is 0 Å². The van der Waals surface area contributed by atoms with Crippen molar-refractivity contribution >= 4 is 24.0 Å². The summed E-state index contributed by atoms with van der Waals surface area (Å²) in [6.07, 6.45) is 0.469. The highest BCUT2D eigenvalue weighted by Gasteiger charge is 2.24. The molecule has 2 aromatic carbocycles. The van der Waals surface area contributed by atoms with Crippen LogP contribution in [0, 0.1) is 5.82 Å². The first-order valence-corrected chi connectivity index (χ1v) is 10.6. The van der Waals surface area contributed by atoms with Crippen LogP contribution in [0.2, 0.25) is 0 Å². The van der Waals surface area contributed by atoms with Gasteiger partial charge in [-0.15, -0.1) is 12.4 Å². The highest BCUT2D eigenvalue weighted by atomic mass is 35.5. The van der Waals surface area contributed by atoms with Crippen molar-refractivity contribution in [2.24, 2.45) is 0 Å². The molecule has 0 saturated carbocycles. The topological polar surface area (TPSA) is 67.9 Å². The first kappa shape index (κ1) is 24.5. The van der Waals surface area contributed by atoms with Crippen LogP contribution in [-0.2, 0) is 6.42 Å².